The number of carbonyl (C=O) groups is 2. The lowest BCUT2D eigenvalue weighted by molar-refractivity contribution is -0.130. The van der Waals surface area contributed by atoms with Crippen LogP contribution >= 0.6 is 0 Å². The number of benzene rings is 1. The second-order valence-corrected chi connectivity index (χ2v) is 12.5. The standard InChI is InChI=1S/C35H62N2O4/c1-6-7-8-9-10-11-12-13-14-15-16-17-18-24-29-40-32-26-22-21-25-31(32)30-37(5)33(38)27-20-19-23-28-36-34(39)41-35(2,3)4/h21-22,25-26H,6-20,23-24,27-30H2,1-5H3,(H,36,39). The first-order valence-electron chi connectivity index (χ1n) is 16.6. The fourth-order valence-corrected chi connectivity index (χ4v) is 4.87. The third-order valence-electron chi connectivity index (χ3n) is 7.30. The average Bonchev–Trinajstić information content (AvgIpc) is 2.92. The van der Waals surface area contributed by atoms with Gasteiger partial charge in [0.15, 0.2) is 0 Å². The Bertz CT molecular complexity index is 806. The van der Waals surface area contributed by atoms with Crippen molar-refractivity contribution in [3.05, 3.63) is 29.8 Å². The number of hydrogen-bond donors (Lipinski definition) is 1. The number of unbranched alkanes of at least 4 members (excludes halogenated alkanes) is 15. The molecule has 1 N–H and O–H groups in total. The third kappa shape index (κ3) is 21.2. The van der Waals surface area contributed by atoms with E-state index in [2.05, 4.69) is 12.2 Å². The topological polar surface area (TPSA) is 67.9 Å². The van der Waals surface area contributed by atoms with Crippen LogP contribution in [0.15, 0.2) is 24.3 Å². The lowest BCUT2D eigenvalue weighted by Gasteiger charge is -2.20. The molecule has 0 bridgehead atoms. The number of hydrogen-bond acceptors (Lipinski definition) is 4. The van der Waals surface area contributed by atoms with Crippen molar-refractivity contribution in [2.75, 3.05) is 20.2 Å². The molecule has 0 heterocycles. The number of nitrogens with zero attached hydrogens (tertiary/aromatic N) is 1. The summed E-state index contributed by atoms with van der Waals surface area (Å²) >= 11 is 0. The van der Waals surface area contributed by atoms with Crippen molar-refractivity contribution >= 4 is 12.0 Å². The first-order chi connectivity index (χ1) is 19.7. The molecule has 6 nitrogen and oxygen atoms in total. The fraction of sp³-hybridized carbons (Fsp3) is 0.771. The van der Waals surface area contributed by atoms with E-state index in [0.717, 1.165) is 43.6 Å². The monoisotopic (exact) mass is 574 g/mol. The zero-order valence-corrected chi connectivity index (χ0v) is 27.2. The zero-order chi connectivity index (χ0) is 30.2. The molecule has 0 atom stereocenters. The third-order valence-corrected chi connectivity index (χ3v) is 7.30. The smallest absolute Gasteiger partial charge is 0.407 e. The molecular weight excluding hydrogens is 512 g/mol. The van der Waals surface area contributed by atoms with E-state index in [0.29, 0.717) is 19.5 Å². The number of para-hydroxylation sites is 1. The van der Waals surface area contributed by atoms with E-state index < -0.39 is 11.7 Å². The van der Waals surface area contributed by atoms with Crippen LogP contribution in [0.25, 0.3) is 0 Å². The summed E-state index contributed by atoms with van der Waals surface area (Å²) in [7, 11) is 1.86. The van der Waals surface area contributed by atoms with E-state index >= 15 is 0 Å². The van der Waals surface area contributed by atoms with Crippen LogP contribution in [0.3, 0.4) is 0 Å². The molecule has 0 fully saturated rings. The molecule has 1 aromatic carbocycles. The van der Waals surface area contributed by atoms with Crippen molar-refractivity contribution in [2.24, 2.45) is 0 Å². The summed E-state index contributed by atoms with van der Waals surface area (Å²) in [6, 6.07) is 8.06. The van der Waals surface area contributed by atoms with Gasteiger partial charge in [0.25, 0.3) is 0 Å². The number of alkyl carbamates (subject to hydrolysis) is 1. The highest BCUT2D eigenvalue weighted by atomic mass is 16.6. The van der Waals surface area contributed by atoms with Crippen LogP contribution in [-0.2, 0) is 16.1 Å². The molecular formula is C35H62N2O4. The van der Waals surface area contributed by atoms with E-state index in [9.17, 15) is 9.59 Å². The molecule has 0 aromatic heterocycles. The van der Waals surface area contributed by atoms with E-state index in [1.54, 1.807) is 4.90 Å². The Labute approximate surface area is 252 Å². The summed E-state index contributed by atoms with van der Waals surface area (Å²) in [6.07, 6.45) is 21.5. The Morgan fingerprint density at radius 3 is 1.88 bits per heavy atom. The summed E-state index contributed by atoms with van der Waals surface area (Å²) in [5.74, 6) is 1.02. The van der Waals surface area contributed by atoms with E-state index in [1.807, 2.05) is 52.1 Å². The van der Waals surface area contributed by atoms with Crippen LogP contribution in [0.5, 0.6) is 5.75 Å². The van der Waals surface area contributed by atoms with Gasteiger partial charge in [0.05, 0.1) is 6.61 Å². The summed E-state index contributed by atoms with van der Waals surface area (Å²) in [6.45, 7) is 9.66. The minimum Gasteiger partial charge on any atom is -0.493 e. The van der Waals surface area contributed by atoms with Crippen molar-refractivity contribution < 1.29 is 19.1 Å². The van der Waals surface area contributed by atoms with Crippen LogP contribution in [-0.4, -0.2) is 42.7 Å². The minimum atomic E-state index is -0.489. The van der Waals surface area contributed by atoms with Gasteiger partial charge in [-0.15, -0.1) is 0 Å². The molecule has 0 aliphatic heterocycles. The first-order valence-corrected chi connectivity index (χ1v) is 16.6. The van der Waals surface area contributed by atoms with Gasteiger partial charge in [0, 0.05) is 32.1 Å². The van der Waals surface area contributed by atoms with Gasteiger partial charge in [0.1, 0.15) is 11.4 Å². The largest absolute Gasteiger partial charge is 0.493 e. The van der Waals surface area contributed by atoms with Crippen molar-refractivity contribution in [3.8, 4) is 5.75 Å². The predicted octanol–water partition coefficient (Wildman–Crippen LogP) is 9.59. The second-order valence-electron chi connectivity index (χ2n) is 12.5. The Kier molecular flexibility index (Phi) is 20.9. The number of nitrogens with one attached hydrogen (secondary N) is 1. The minimum absolute atomic E-state index is 0.131. The van der Waals surface area contributed by atoms with Gasteiger partial charge < -0.3 is 19.7 Å². The molecule has 0 saturated heterocycles. The van der Waals surface area contributed by atoms with Crippen molar-refractivity contribution in [1.82, 2.24) is 10.2 Å². The maximum atomic E-state index is 12.7. The van der Waals surface area contributed by atoms with Crippen LogP contribution in [0, 0.1) is 0 Å². The van der Waals surface area contributed by atoms with Crippen LogP contribution in [0.2, 0.25) is 0 Å². The maximum Gasteiger partial charge on any atom is 0.407 e. The Morgan fingerprint density at radius 1 is 0.756 bits per heavy atom. The van der Waals surface area contributed by atoms with Gasteiger partial charge >= 0.3 is 6.09 Å². The van der Waals surface area contributed by atoms with E-state index in [4.69, 9.17) is 9.47 Å². The van der Waals surface area contributed by atoms with Gasteiger partial charge in [-0.1, -0.05) is 115 Å². The lowest BCUT2D eigenvalue weighted by Crippen LogP contribution is -2.33. The Hall–Kier alpha value is -2.24. The maximum absolute atomic E-state index is 12.7. The summed E-state index contributed by atoms with van der Waals surface area (Å²) in [5, 5.41) is 2.77. The van der Waals surface area contributed by atoms with E-state index in [1.165, 1.54) is 83.5 Å². The molecule has 1 rings (SSSR count). The molecule has 6 heteroatoms. The molecule has 0 aliphatic rings. The molecule has 0 unspecified atom stereocenters. The van der Waals surface area contributed by atoms with Gasteiger partial charge in [-0.25, -0.2) is 4.79 Å². The predicted molar refractivity (Wildman–Crippen MR) is 171 cm³/mol. The van der Waals surface area contributed by atoms with Crippen molar-refractivity contribution in [2.45, 2.75) is 155 Å². The van der Waals surface area contributed by atoms with Crippen molar-refractivity contribution in [3.63, 3.8) is 0 Å². The zero-order valence-electron chi connectivity index (χ0n) is 27.2. The molecule has 1 aromatic rings. The van der Waals surface area contributed by atoms with Gasteiger partial charge in [0.2, 0.25) is 5.91 Å². The molecule has 2 amide bonds. The number of carbonyl (C=O) groups excluding carboxylic acids is 2. The highest BCUT2D eigenvalue weighted by Crippen LogP contribution is 2.21. The molecule has 0 spiro atoms. The lowest BCUT2D eigenvalue weighted by atomic mass is 10.0. The first kappa shape index (κ1) is 36.8. The van der Waals surface area contributed by atoms with E-state index in [-0.39, 0.29) is 5.91 Å². The van der Waals surface area contributed by atoms with Gasteiger partial charge in [-0.2, -0.15) is 0 Å². The molecule has 41 heavy (non-hydrogen) atoms. The number of amides is 2. The van der Waals surface area contributed by atoms with Crippen LogP contribution in [0.4, 0.5) is 4.79 Å². The van der Waals surface area contributed by atoms with Crippen molar-refractivity contribution in [1.29, 1.82) is 0 Å². The van der Waals surface area contributed by atoms with Crippen LogP contribution in [0.1, 0.15) is 149 Å². The highest BCUT2D eigenvalue weighted by molar-refractivity contribution is 5.75. The molecule has 0 saturated carbocycles. The average molecular weight is 575 g/mol. The molecule has 0 aliphatic carbocycles. The van der Waals surface area contributed by atoms with Gasteiger partial charge in [-0.3, -0.25) is 4.79 Å². The Morgan fingerprint density at radius 2 is 1.29 bits per heavy atom. The summed E-state index contributed by atoms with van der Waals surface area (Å²) in [4.78, 5) is 26.1. The quantitative estimate of drug-likeness (QED) is 0.125. The molecule has 0 radical (unpaired) electrons. The summed E-state index contributed by atoms with van der Waals surface area (Å²) < 4.78 is 11.4. The van der Waals surface area contributed by atoms with Gasteiger partial charge in [-0.05, 0) is 46.1 Å². The normalized spacial score (nSPS) is 11.3. The second kappa shape index (κ2) is 23.3. The number of ether oxygens (including phenoxy) is 2. The summed E-state index contributed by atoms with van der Waals surface area (Å²) in [5.41, 5.74) is 0.562. The fourth-order valence-electron chi connectivity index (χ4n) is 4.87. The SMILES string of the molecule is CCCCCCCCCCCCCCCCOc1ccccc1CN(C)C(=O)CCCCCNC(=O)OC(C)(C)C. The molecule has 236 valence electrons. The Balaban J connectivity index is 2.12. The highest BCUT2D eigenvalue weighted by Gasteiger charge is 2.15. The number of rotatable bonds is 24. The van der Waals surface area contributed by atoms with Crippen LogP contribution < -0.4 is 10.1 Å².